The number of fused-ring (bicyclic) bond motifs is 5. The van der Waals surface area contributed by atoms with Crippen LogP contribution in [0, 0.1) is 0 Å². The highest BCUT2D eigenvalue weighted by Crippen LogP contribution is 2.31. The molecule has 3 aromatic heterocycles. The van der Waals surface area contributed by atoms with Crippen LogP contribution in [0.4, 0.5) is 0 Å². The van der Waals surface area contributed by atoms with Gasteiger partial charge in [-0.1, -0.05) is 30.3 Å². The first kappa shape index (κ1) is 12.4. The minimum absolute atomic E-state index is 0.00755. The number of benzene rings is 2. The van der Waals surface area contributed by atoms with Crippen molar-refractivity contribution in [3.8, 4) is 0 Å². The highest BCUT2D eigenvalue weighted by molar-refractivity contribution is 6.17. The summed E-state index contributed by atoms with van der Waals surface area (Å²) in [5, 5.41) is 3.74. The van der Waals surface area contributed by atoms with E-state index in [1.54, 1.807) is 16.2 Å². The summed E-state index contributed by atoms with van der Waals surface area (Å²) in [5.41, 5.74) is 2.75. The number of para-hydroxylation sites is 1. The Labute approximate surface area is 131 Å². The second-order valence-electron chi connectivity index (χ2n) is 5.64. The van der Waals surface area contributed by atoms with Crippen molar-refractivity contribution in [2.24, 2.45) is 0 Å². The first-order chi connectivity index (χ1) is 11.3. The zero-order valence-corrected chi connectivity index (χ0v) is 12.5. The summed E-state index contributed by atoms with van der Waals surface area (Å²) in [6, 6.07) is 17.7. The number of aromatic nitrogens is 2. The molecule has 0 N–H and O–H groups in total. The van der Waals surface area contributed by atoms with Crippen molar-refractivity contribution in [3.05, 3.63) is 71.1 Å². The van der Waals surface area contributed by atoms with Crippen LogP contribution < -0.4 is 15.1 Å². The van der Waals surface area contributed by atoms with Crippen LogP contribution in [0.2, 0.25) is 0 Å². The van der Waals surface area contributed by atoms with Gasteiger partial charge in [0.05, 0.1) is 16.3 Å². The zero-order chi connectivity index (χ0) is 15.6. The molecule has 0 fully saturated rings. The predicted octanol–water partition coefficient (Wildman–Crippen LogP) is 2.54. The molecular formula is C19H13N2O2+. The average Bonchev–Trinajstić information content (AvgIpc) is 2.94. The lowest BCUT2D eigenvalue weighted by Crippen LogP contribution is -2.41. The van der Waals surface area contributed by atoms with E-state index < -0.39 is 0 Å². The maximum atomic E-state index is 13.1. The van der Waals surface area contributed by atoms with E-state index in [1.165, 1.54) is 0 Å². The molecule has 0 spiro atoms. The third-order valence-corrected chi connectivity index (χ3v) is 4.55. The van der Waals surface area contributed by atoms with Gasteiger partial charge >= 0.3 is 0 Å². The molecule has 4 nitrogen and oxygen atoms in total. The van der Waals surface area contributed by atoms with Crippen LogP contribution in [-0.2, 0) is 0 Å². The van der Waals surface area contributed by atoms with E-state index in [2.05, 4.69) is 6.07 Å². The molecule has 2 aromatic carbocycles. The van der Waals surface area contributed by atoms with Gasteiger partial charge in [0.15, 0.2) is 0 Å². The maximum Gasteiger partial charge on any atom is 0.290 e. The first-order valence-electron chi connectivity index (χ1n) is 7.47. The second kappa shape index (κ2) is 4.20. The maximum absolute atomic E-state index is 13.1. The molecule has 0 radical (unpaired) electrons. The molecule has 4 heteroatoms. The van der Waals surface area contributed by atoms with Gasteiger partial charge in [-0.2, -0.15) is 0 Å². The Morgan fingerprint density at radius 2 is 1.57 bits per heavy atom. The lowest BCUT2D eigenvalue weighted by atomic mass is 10.1. The van der Waals surface area contributed by atoms with Crippen molar-refractivity contribution in [2.45, 2.75) is 0 Å². The molecule has 23 heavy (non-hydrogen) atoms. The van der Waals surface area contributed by atoms with Gasteiger partial charge in [-0.15, -0.1) is 0 Å². The first-order valence-corrected chi connectivity index (χ1v) is 7.47. The van der Waals surface area contributed by atoms with Crippen LogP contribution in [0.1, 0.15) is 0 Å². The molecule has 3 heterocycles. The fourth-order valence-electron chi connectivity index (χ4n) is 3.59. The van der Waals surface area contributed by atoms with E-state index in [0.717, 1.165) is 32.7 Å². The molecule has 0 saturated carbocycles. The third kappa shape index (κ3) is 1.40. The molecule has 0 unspecified atom stereocenters. The van der Waals surface area contributed by atoms with Crippen molar-refractivity contribution in [1.82, 2.24) is 4.40 Å². The monoisotopic (exact) mass is 301 g/mol. The highest BCUT2D eigenvalue weighted by Gasteiger charge is 2.24. The van der Waals surface area contributed by atoms with E-state index in [0.29, 0.717) is 5.39 Å². The van der Waals surface area contributed by atoms with Gasteiger partial charge in [-0.3, -0.25) is 14.0 Å². The summed E-state index contributed by atoms with van der Waals surface area (Å²) in [6.45, 7) is 0. The minimum Gasteiger partial charge on any atom is -0.274 e. The fraction of sp³-hybridized carbons (Fsp3) is 0.0526. The zero-order valence-electron chi connectivity index (χ0n) is 12.5. The molecule has 110 valence electrons. The largest absolute Gasteiger partial charge is 0.290 e. The number of nitrogens with zero attached hydrogens (tertiary/aromatic N) is 2. The Balaban J connectivity index is 2.30. The quantitative estimate of drug-likeness (QED) is 0.352. The van der Waals surface area contributed by atoms with Crippen LogP contribution in [0.25, 0.3) is 38.1 Å². The normalized spacial score (nSPS) is 11.9. The molecule has 0 saturated heterocycles. The minimum atomic E-state index is 0.00755. The molecule has 0 aliphatic heterocycles. The lowest BCUT2D eigenvalue weighted by Gasteiger charge is -2.04. The standard InChI is InChI=1S/C19H13N2O2/c1-23-20-11-10-14-12-6-4-5-9-16(12)21-18(14)17(20)13-7-2-3-8-15(13)19(21)22/h2-11H,1H3/q+1. The van der Waals surface area contributed by atoms with Crippen molar-refractivity contribution in [2.75, 3.05) is 7.11 Å². The summed E-state index contributed by atoms with van der Waals surface area (Å²) in [5.74, 6) is 0. The van der Waals surface area contributed by atoms with Crippen molar-refractivity contribution in [1.29, 1.82) is 0 Å². The molecule has 0 atom stereocenters. The lowest BCUT2D eigenvalue weighted by molar-refractivity contribution is -0.864. The average molecular weight is 301 g/mol. The van der Waals surface area contributed by atoms with Crippen LogP contribution >= 0.6 is 0 Å². The van der Waals surface area contributed by atoms with Crippen molar-refractivity contribution < 1.29 is 9.57 Å². The summed E-state index contributed by atoms with van der Waals surface area (Å²) in [4.78, 5) is 18.6. The van der Waals surface area contributed by atoms with Gasteiger partial charge in [0.25, 0.3) is 11.1 Å². The molecule has 0 aliphatic carbocycles. The Kier molecular flexibility index (Phi) is 2.26. The summed E-state index contributed by atoms with van der Waals surface area (Å²) < 4.78 is 3.53. The van der Waals surface area contributed by atoms with Gasteiger partial charge in [-0.05, 0) is 18.2 Å². The van der Waals surface area contributed by atoms with Gasteiger partial charge in [-0.25, -0.2) is 0 Å². The van der Waals surface area contributed by atoms with Crippen LogP contribution in [-0.4, -0.2) is 11.5 Å². The number of hydrogen-bond acceptors (Lipinski definition) is 2. The van der Waals surface area contributed by atoms with Crippen LogP contribution in [0.15, 0.2) is 65.6 Å². The number of rotatable bonds is 1. The molecule has 0 aliphatic rings. The van der Waals surface area contributed by atoms with E-state index in [9.17, 15) is 4.79 Å². The van der Waals surface area contributed by atoms with Gasteiger partial charge in [0.1, 0.15) is 12.6 Å². The van der Waals surface area contributed by atoms with Gasteiger partial charge < -0.3 is 0 Å². The summed E-state index contributed by atoms with van der Waals surface area (Å²) in [7, 11) is 1.63. The topological polar surface area (TPSA) is 34.6 Å². The Morgan fingerprint density at radius 3 is 2.35 bits per heavy atom. The van der Waals surface area contributed by atoms with Crippen molar-refractivity contribution in [3.63, 3.8) is 0 Å². The Morgan fingerprint density at radius 1 is 0.870 bits per heavy atom. The summed E-state index contributed by atoms with van der Waals surface area (Å²) in [6.07, 6.45) is 1.90. The summed E-state index contributed by atoms with van der Waals surface area (Å²) >= 11 is 0. The van der Waals surface area contributed by atoms with E-state index in [4.69, 9.17) is 4.84 Å². The number of pyridine rings is 2. The molecule has 5 rings (SSSR count). The number of hydrogen-bond donors (Lipinski definition) is 0. The van der Waals surface area contributed by atoms with E-state index in [1.807, 2.05) is 54.7 Å². The fourth-order valence-corrected chi connectivity index (χ4v) is 3.59. The molecule has 0 bridgehead atoms. The molecule has 0 amide bonds. The second-order valence-corrected chi connectivity index (χ2v) is 5.64. The third-order valence-electron chi connectivity index (χ3n) is 4.55. The van der Waals surface area contributed by atoms with E-state index >= 15 is 0 Å². The highest BCUT2D eigenvalue weighted by atomic mass is 16.6. The van der Waals surface area contributed by atoms with Crippen molar-refractivity contribution >= 4 is 38.1 Å². The van der Waals surface area contributed by atoms with Crippen LogP contribution in [0.5, 0.6) is 0 Å². The molecular weight excluding hydrogens is 288 g/mol. The van der Waals surface area contributed by atoms with Crippen LogP contribution in [0.3, 0.4) is 0 Å². The Hall–Kier alpha value is -3.14. The smallest absolute Gasteiger partial charge is 0.274 e. The molecule has 5 aromatic rings. The van der Waals surface area contributed by atoms with Gasteiger partial charge in [0.2, 0.25) is 6.20 Å². The van der Waals surface area contributed by atoms with Gasteiger partial charge in [0, 0.05) is 21.6 Å². The SMILES string of the molecule is CO[n+]1ccc2c3ccccc3n3c(=O)c4ccccc4c1c23. The Bertz CT molecular complexity index is 1270. The van der Waals surface area contributed by atoms with E-state index in [-0.39, 0.29) is 5.56 Å². The predicted molar refractivity (Wildman–Crippen MR) is 90.1 cm³/mol.